The topological polar surface area (TPSA) is 27.1 Å². The lowest BCUT2D eigenvalue weighted by Crippen LogP contribution is -2.18. The van der Waals surface area contributed by atoms with Crippen molar-refractivity contribution >= 4 is 15.9 Å². The zero-order valence-electron chi connectivity index (χ0n) is 6.74. The van der Waals surface area contributed by atoms with Crippen LogP contribution in [0.25, 0.3) is 0 Å². The van der Waals surface area contributed by atoms with Gasteiger partial charge >= 0.3 is 0 Å². The summed E-state index contributed by atoms with van der Waals surface area (Å²) in [5.41, 5.74) is 0. The van der Waals surface area contributed by atoms with Crippen LogP contribution in [-0.4, -0.2) is 16.4 Å². The zero-order chi connectivity index (χ0) is 8.39. The molecule has 0 amide bonds. The van der Waals surface area contributed by atoms with Crippen molar-refractivity contribution in [3.05, 3.63) is 16.9 Å². The fourth-order valence-corrected chi connectivity index (χ4v) is 1.71. The number of hydrogen-bond acceptors (Lipinski definition) is 2. The van der Waals surface area contributed by atoms with Crippen LogP contribution < -0.4 is 0 Å². The average molecular weight is 231 g/mol. The Balaban J connectivity index is 2.08. The second-order valence-corrected chi connectivity index (χ2v) is 3.88. The van der Waals surface area contributed by atoms with E-state index in [1.54, 1.807) is 6.20 Å². The van der Waals surface area contributed by atoms with Crippen LogP contribution in [0.5, 0.6) is 0 Å². The van der Waals surface area contributed by atoms with Crippen LogP contribution in [0.1, 0.15) is 25.5 Å². The van der Waals surface area contributed by atoms with Crippen molar-refractivity contribution in [2.75, 3.05) is 6.61 Å². The van der Waals surface area contributed by atoms with Crippen LogP contribution in [0.3, 0.4) is 0 Å². The Morgan fingerprint density at radius 3 is 3.08 bits per heavy atom. The Labute approximate surface area is 79.8 Å². The molecule has 1 aromatic rings. The summed E-state index contributed by atoms with van der Waals surface area (Å²) in [5.74, 6) is 0. The van der Waals surface area contributed by atoms with Gasteiger partial charge in [-0.15, -0.1) is 0 Å². The molecular formula is C8H11BrN2O. The largest absolute Gasteiger partial charge is 0.357 e. The third-order valence-corrected chi connectivity index (χ3v) is 2.43. The molecule has 0 radical (unpaired) electrons. The fraction of sp³-hybridized carbons (Fsp3) is 0.625. The number of aromatic nitrogens is 2. The summed E-state index contributed by atoms with van der Waals surface area (Å²) in [6, 6.07) is 0. The Kier molecular flexibility index (Phi) is 2.46. The molecule has 0 aliphatic carbocycles. The van der Waals surface area contributed by atoms with Crippen LogP contribution in [-0.2, 0) is 4.74 Å². The van der Waals surface area contributed by atoms with Crippen LogP contribution in [0.4, 0.5) is 0 Å². The summed E-state index contributed by atoms with van der Waals surface area (Å²) < 4.78 is 8.45. The van der Waals surface area contributed by atoms with E-state index in [4.69, 9.17) is 4.74 Å². The minimum absolute atomic E-state index is 0.157. The number of rotatable bonds is 1. The van der Waals surface area contributed by atoms with Gasteiger partial charge < -0.3 is 4.74 Å². The van der Waals surface area contributed by atoms with E-state index in [0.29, 0.717) is 0 Å². The SMILES string of the molecule is Brc1cnn([C@H]2CCCCO2)c1. The molecule has 0 bridgehead atoms. The predicted molar refractivity (Wildman–Crippen MR) is 48.8 cm³/mol. The second-order valence-electron chi connectivity index (χ2n) is 2.96. The average Bonchev–Trinajstić information content (AvgIpc) is 2.54. The van der Waals surface area contributed by atoms with Gasteiger partial charge in [-0.05, 0) is 35.2 Å². The predicted octanol–water partition coefficient (Wildman–Crippen LogP) is 2.34. The molecule has 12 heavy (non-hydrogen) atoms. The smallest absolute Gasteiger partial charge is 0.150 e. The second kappa shape index (κ2) is 3.58. The van der Waals surface area contributed by atoms with E-state index in [9.17, 15) is 0 Å². The highest BCUT2D eigenvalue weighted by Gasteiger charge is 2.15. The highest BCUT2D eigenvalue weighted by Crippen LogP contribution is 2.22. The zero-order valence-corrected chi connectivity index (χ0v) is 8.33. The summed E-state index contributed by atoms with van der Waals surface area (Å²) >= 11 is 3.36. The van der Waals surface area contributed by atoms with Gasteiger partial charge in [-0.1, -0.05) is 0 Å². The fourth-order valence-electron chi connectivity index (χ4n) is 1.40. The van der Waals surface area contributed by atoms with E-state index < -0.39 is 0 Å². The highest BCUT2D eigenvalue weighted by atomic mass is 79.9. The van der Waals surface area contributed by atoms with E-state index in [-0.39, 0.29) is 6.23 Å². The standard InChI is InChI=1S/C8H11BrN2O/c9-7-5-10-11(6-7)8-3-1-2-4-12-8/h5-6,8H,1-4H2/t8-/m1/s1. The molecule has 1 aromatic heterocycles. The van der Waals surface area contributed by atoms with Gasteiger partial charge in [0.1, 0.15) is 6.23 Å². The van der Waals surface area contributed by atoms with Crippen molar-refractivity contribution in [3.63, 3.8) is 0 Å². The first-order valence-electron chi connectivity index (χ1n) is 4.17. The highest BCUT2D eigenvalue weighted by molar-refractivity contribution is 9.10. The van der Waals surface area contributed by atoms with Crippen molar-refractivity contribution in [2.45, 2.75) is 25.5 Å². The first kappa shape index (κ1) is 8.26. The van der Waals surface area contributed by atoms with E-state index in [1.807, 2.05) is 10.9 Å². The van der Waals surface area contributed by atoms with Crippen LogP contribution in [0.2, 0.25) is 0 Å². The molecule has 66 valence electrons. The normalized spacial score (nSPS) is 24.2. The minimum atomic E-state index is 0.157. The minimum Gasteiger partial charge on any atom is -0.357 e. The van der Waals surface area contributed by atoms with Gasteiger partial charge in [0.05, 0.1) is 10.7 Å². The Morgan fingerprint density at radius 1 is 1.58 bits per heavy atom. The molecule has 1 aliphatic rings. The maximum Gasteiger partial charge on any atom is 0.150 e. The molecule has 1 saturated heterocycles. The Hall–Kier alpha value is -0.350. The molecule has 0 unspecified atom stereocenters. The summed E-state index contributed by atoms with van der Waals surface area (Å²) in [5, 5.41) is 4.18. The van der Waals surface area contributed by atoms with Crippen molar-refractivity contribution in [1.82, 2.24) is 9.78 Å². The summed E-state index contributed by atoms with van der Waals surface area (Å²) in [4.78, 5) is 0. The molecule has 0 spiro atoms. The maximum absolute atomic E-state index is 5.56. The molecule has 1 atom stereocenters. The summed E-state index contributed by atoms with van der Waals surface area (Å²) in [6.07, 6.45) is 7.40. The maximum atomic E-state index is 5.56. The van der Waals surface area contributed by atoms with Gasteiger partial charge in [0.2, 0.25) is 0 Å². The number of hydrogen-bond donors (Lipinski definition) is 0. The molecule has 0 aromatic carbocycles. The van der Waals surface area contributed by atoms with Gasteiger partial charge in [-0.25, -0.2) is 4.68 Å². The quantitative estimate of drug-likeness (QED) is 0.741. The molecule has 1 aliphatic heterocycles. The van der Waals surface area contributed by atoms with Crippen molar-refractivity contribution in [2.24, 2.45) is 0 Å². The first-order valence-corrected chi connectivity index (χ1v) is 4.97. The summed E-state index contributed by atoms with van der Waals surface area (Å²) in [6.45, 7) is 0.863. The molecule has 1 fully saturated rings. The lowest BCUT2D eigenvalue weighted by molar-refractivity contribution is -0.0395. The number of ether oxygens (including phenoxy) is 1. The number of halogens is 1. The molecule has 2 heterocycles. The van der Waals surface area contributed by atoms with Crippen molar-refractivity contribution < 1.29 is 4.74 Å². The third kappa shape index (κ3) is 1.69. The molecule has 0 saturated carbocycles. The van der Waals surface area contributed by atoms with Gasteiger partial charge in [0, 0.05) is 12.8 Å². The van der Waals surface area contributed by atoms with Gasteiger partial charge in [-0.2, -0.15) is 5.10 Å². The number of nitrogens with zero attached hydrogens (tertiary/aromatic N) is 2. The van der Waals surface area contributed by atoms with Crippen LogP contribution in [0.15, 0.2) is 16.9 Å². The van der Waals surface area contributed by atoms with Gasteiger partial charge in [-0.3, -0.25) is 0 Å². The Bertz CT molecular complexity index is 255. The van der Waals surface area contributed by atoms with Gasteiger partial charge in [0.25, 0.3) is 0 Å². The first-order chi connectivity index (χ1) is 5.86. The Morgan fingerprint density at radius 2 is 2.50 bits per heavy atom. The molecular weight excluding hydrogens is 220 g/mol. The molecule has 0 N–H and O–H groups in total. The van der Waals surface area contributed by atoms with Crippen LogP contribution in [0, 0.1) is 0 Å². The van der Waals surface area contributed by atoms with Crippen molar-refractivity contribution in [1.29, 1.82) is 0 Å². The molecule has 2 rings (SSSR count). The molecule has 3 nitrogen and oxygen atoms in total. The lowest BCUT2D eigenvalue weighted by Gasteiger charge is -2.22. The third-order valence-electron chi connectivity index (χ3n) is 2.02. The van der Waals surface area contributed by atoms with E-state index in [1.165, 1.54) is 12.8 Å². The van der Waals surface area contributed by atoms with E-state index >= 15 is 0 Å². The lowest BCUT2D eigenvalue weighted by atomic mass is 10.2. The van der Waals surface area contributed by atoms with Crippen molar-refractivity contribution in [3.8, 4) is 0 Å². The van der Waals surface area contributed by atoms with E-state index in [2.05, 4.69) is 21.0 Å². The summed E-state index contributed by atoms with van der Waals surface area (Å²) in [7, 11) is 0. The monoisotopic (exact) mass is 230 g/mol. The van der Waals surface area contributed by atoms with E-state index in [0.717, 1.165) is 17.5 Å². The van der Waals surface area contributed by atoms with Gasteiger partial charge in [0.15, 0.2) is 0 Å². The molecule has 4 heteroatoms. The van der Waals surface area contributed by atoms with Crippen LogP contribution >= 0.6 is 15.9 Å².